The number of carboxylic acid groups (broad SMARTS) is 1. The van der Waals surface area contributed by atoms with Crippen LogP contribution >= 0.6 is 23.2 Å². The van der Waals surface area contributed by atoms with E-state index < -0.39 is 5.97 Å². The number of carbonyl (C=O) groups is 1. The van der Waals surface area contributed by atoms with Crippen molar-refractivity contribution in [2.24, 2.45) is 5.10 Å². The van der Waals surface area contributed by atoms with Gasteiger partial charge in [0.2, 0.25) is 0 Å². The number of anilines is 1. The maximum atomic E-state index is 10.8. The fraction of sp³-hybridized carbons (Fsp3) is 0.0952. The van der Waals surface area contributed by atoms with Crippen LogP contribution in [0.5, 0.6) is 11.5 Å². The first-order chi connectivity index (χ1) is 14.5. The summed E-state index contributed by atoms with van der Waals surface area (Å²) in [5.74, 6) is 0.473. The van der Waals surface area contributed by atoms with Gasteiger partial charge in [0.15, 0.2) is 11.5 Å². The molecule has 3 aromatic rings. The molecule has 0 aliphatic rings. The quantitative estimate of drug-likeness (QED) is 0.369. The molecule has 0 unspecified atom stereocenters. The van der Waals surface area contributed by atoms with Crippen LogP contribution < -0.4 is 14.9 Å². The Kier molecular flexibility index (Phi) is 7.11. The molecule has 2 N–H and O–H groups in total. The van der Waals surface area contributed by atoms with Gasteiger partial charge in [-0.3, -0.25) is 5.43 Å². The van der Waals surface area contributed by atoms with E-state index in [2.05, 4.69) is 15.5 Å². The highest BCUT2D eigenvalue weighted by molar-refractivity contribution is 6.35. The molecule has 30 heavy (non-hydrogen) atoms. The minimum absolute atomic E-state index is 0.102. The van der Waals surface area contributed by atoms with E-state index >= 15 is 0 Å². The molecule has 1 aromatic heterocycles. The van der Waals surface area contributed by atoms with Crippen molar-refractivity contribution < 1.29 is 19.4 Å². The molecule has 9 heteroatoms. The lowest BCUT2D eigenvalue weighted by Crippen LogP contribution is -2.00. The number of ether oxygens (including phenoxy) is 2. The van der Waals surface area contributed by atoms with Crippen LogP contribution in [0.2, 0.25) is 10.0 Å². The number of pyridine rings is 1. The second-order valence-electron chi connectivity index (χ2n) is 6.04. The largest absolute Gasteiger partial charge is 0.493 e. The molecule has 0 fully saturated rings. The smallest absolute Gasteiger partial charge is 0.337 e. The number of methoxy groups -OCH3 is 1. The number of hydrazone groups is 1. The first kappa shape index (κ1) is 21.4. The molecule has 7 nitrogen and oxygen atoms in total. The number of carboxylic acids is 1. The third-order valence-electron chi connectivity index (χ3n) is 3.99. The summed E-state index contributed by atoms with van der Waals surface area (Å²) >= 11 is 12.1. The highest BCUT2D eigenvalue weighted by Gasteiger charge is 2.08. The molecular weight excluding hydrogens is 429 g/mol. The summed E-state index contributed by atoms with van der Waals surface area (Å²) in [5, 5.41) is 14.1. The van der Waals surface area contributed by atoms with Gasteiger partial charge in [0.05, 0.1) is 18.9 Å². The molecule has 0 aliphatic carbocycles. The lowest BCUT2D eigenvalue weighted by molar-refractivity contribution is 0.0696. The second kappa shape index (κ2) is 9.96. The molecule has 2 aromatic carbocycles. The van der Waals surface area contributed by atoms with Crippen molar-refractivity contribution in [1.29, 1.82) is 0 Å². The molecular formula is C21H17Cl2N3O4. The van der Waals surface area contributed by atoms with Crippen LogP contribution in [0.1, 0.15) is 21.5 Å². The van der Waals surface area contributed by atoms with E-state index in [1.807, 2.05) is 6.07 Å². The van der Waals surface area contributed by atoms with Gasteiger partial charge in [-0.25, -0.2) is 9.78 Å². The first-order valence-electron chi connectivity index (χ1n) is 8.69. The number of rotatable bonds is 8. The van der Waals surface area contributed by atoms with Gasteiger partial charge >= 0.3 is 5.97 Å². The average Bonchev–Trinajstić information content (AvgIpc) is 2.74. The normalized spacial score (nSPS) is 10.8. The van der Waals surface area contributed by atoms with Gasteiger partial charge in [0.1, 0.15) is 12.4 Å². The van der Waals surface area contributed by atoms with Crippen LogP contribution in [0.4, 0.5) is 5.82 Å². The Hall–Kier alpha value is -3.29. The van der Waals surface area contributed by atoms with Crippen LogP contribution in [0, 0.1) is 0 Å². The third kappa shape index (κ3) is 5.62. The Labute approximate surface area is 182 Å². The zero-order valence-electron chi connectivity index (χ0n) is 15.8. The first-order valence-corrected chi connectivity index (χ1v) is 9.45. The van der Waals surface area contributed by atoms with Crippen LogP contribution in [0.15, 0.2) is 59.8 Å². The van der Waals surface area contributed by atoms with Gasteiger partial charge in [0.25, 0.3) is 0 Å². The second-order valence-corrected chi connectivity index (χ2v) is 6.89. The molecule has 0 saturated heterocycles. The molecule has 0 spiro atoms. The fourth-order valence-electron chi connectivity index (χ4n) is 2.44. The van der Waals surface area contributed by atoms with Gasteiger partial charge in [0, 0.05) is 21.8 Å². The van der Waals surface area contributed by atoms with Crippen LogP contribution in [0.25, 0.3) is 0 Å². The number of nitrogens with zero attached hydrogens (tertiary/aromatic N) is 2. The Morgan fingerprint density at radius 2 is 2.00 bits per heavy atom. The topological polar surface area (TPSA) is 93.0 Å². The van der Waals surface area contributed by atoms with Gasteiger partial charge in [-0.05, 0) is 48.0 Å². The van der Waals surface area contributed by atoms with Gasteiger partial charge < -0.3 is 14.6 Å². The molecule has 3 rings (SSSR count). The predicted octanol–water partition coefficient (Wildman–Crippen LogP) is 5.12. The highest BCUT2D eigenvalue weighted by Crippen LogP contribution is 2.29. The number of nitrogens with one attached hydrogen (secondary N) is 1. The summed E-state index contributed by atoms with van der Waals surface area (Å²) in [4.78, 5) is 14.8. The standard InChI is InChI=1S/C21H17Cl2N3O4/c1-29-19-8-13(10-25-26-20-7-4-14(11-24-20)21(27)28)2-6-18(19)30-12-15-3-5-16(22)9-17(15)23/h2-11H,12H2,1H3,(H,24,26)(H,27,28)/b25-10+. The maximum Gasteiger partial charge on any atom is 0.337 e. The van der Waals surface area contributed by atoms with Gasteiger partial charge in [-0.1, -0.05) is 29.3 Å². The predicted molar refractivity (Wildman–Crippen MR) is 116 cm³/mol. The summed E-state index contributed by atoms with van der Waals surface area (Å²) in [5.41, 5.74) is 4.41. The number of halogens is 2. The van der Waals surface area contributed by atoms with E-state index in [1.54, 1.807) is 43.7 Å². The number of hydrogen-bond acceptors (Lipinski definition) is 6. The lowest BCUT2D eigenvalue weighted by atomic mass is 10.2. The van der Waals surface area contributed by atoms with Crippen molar-refractivity contribution in [3.8, 4) is 11.5 Å². The van der Waals surface area contributed by atoms with E-state index in [-0.39, 0.29) is 12.2 Å². The molecule has 1 heterocycles. The number of benzene rings is 2. The molecule has 0 atom stereocenters. The minimum Gasteiger partial charge on any atom is -0.493 e. The lowest BCUT2D eigenvalue weighted by Gasteiger charge is -2.12. The van der Waals surface area contributed by atoms with E-state index in [0.29, 0.717) is 27.4 Å². The van der Waals surface area contributed by atoms with Crippen molar-refractivity contribution in [3.63, 3.8) is 0 Å². The summed E-state index contributed by atoms with van der Waals surface area (Å²) in [6.07, 6.45) is 2.83. The molecule has 0 radical (unpaired) electrons. The van der Waals surface area contributed by atoms with Crippen molar-refractivity contribution in [2.75, 3.05) is 12.5 Å². The highest BCUT2D eigenvalue weighted by atomic mass is 35.5. The molecule has 0 amide bonds. The van der Waals surface area contributed by atoms with Crippen molar-refractivity contribution in [2.45, 2.75) is 6.61 Å². The van der Waals surface area contributed by atoms with Crippen molar-refractivity contribution >= 4 is 41.2 Å². The van der Waals surface area contributed by atoms with Gasteiger partial charge in [-0.15, -0.1) is 0 Å². The molecule has 154 valence electrons. The Morgan fingerprint density at radius 1 is 1.17 bits per heavy atom. The van der Waals surface area contributed by atoms with Crippen molar-refractivity contribution in [1.82, 2.24) is 4.98 Å². The Bertz CT molecular complexity index is 1070. The number of aromatic carboxylic acids is 1. The molecule has 0 aliphatic heterocycles. The zero-order valence-corrected chi connectivity index (χ0v) is 17.3. The van der Waals surface area contributed by atoms with E-state index in [1.165, 1.54) is 18.3 Å². The van der Waals surface area contributed by atoms with Crippen molar-refractivity contribution in [3.05, 3.63) is 81.5 Å². The van der Waals surface area contributed by atoms with Crippen LogP contribution in [0.3, 0.4) is 0 Å². The summed E-state index contributed by atoms with van der Waals surface area (Å²) in [6.45, 7) is 0.263. The van der Waals surface area contributed by atoms with E-state index in [4.69, 9.17) is 37.8 Å². The van der Waals surface area contributed by atoms with Gasteiger partial charge in [-0.2, -0.15) is 5.10 Å². The summed E-state index contributed by atoms with van der Waals surface area (Å²) in [7, 11) is 1.55. The maximum absolute atomic E-state index is 10.8. The van der Waals surface area contributed by atoms with E-state index in [0.717, 1.165) is 11.1 Å². The third-order valence-corrected chi connectivity index (χ3v) is 4.58. The molecule has 0 saturated carbocycles. The zero-order chi connectivity index (χ0) is 21.5. The minimum atomic E-state index is -1.04. The SMILES string of the molecule is COc1cc(/C=N/Nc2ccc(C(=O)O)cn2)ccc1OCc1ccc(Cl)cc1Cl. The fourth-order valence-corrected chi connectivity index (χ4v) is 2.90. The summed E-state index contributed by atoms with van der Waals surface area (Å²) in [6, 6.07) is 13.5. The average molecular weight is 446 g/mol. The monoisotopic (exact) mass is 445 g/mol. The Balaban J connectivity index is 1.64. The van der Waals surface area contributed by atoms with E-state index in [9.17, 15) is 4.79 Å². The van der Waals surface area contributed by atoms with Crippen LogP contribution in [-0.4, -0.2) is 29.4 Å². The molecule has 0 bridgehead atoms. The number of aromatic nitrogens is 1. The summed E-state index contributed by atoms with van der Waals surface area (Å²) < 4.78 is 11.2. The van der Waals surface area contributed by atoms with Crippen LogP contribution in [-0.2, 0) is 6.61 Å². The Morgan fingerprint density at radius 3 is 2.67 bits per heavy atom. The number of hydrogen-bond donors (Lipinski definition) is 2.